The van der Waals surface area contributed by atoms with Gasteiger partial charge in [0.1, 0.15) is 19.0 Å². The summed E-state index contributed by atoms with van der Waals surface area (Å²) in [5.74, 6) is 2.73. The highest BCUT2D eigenvalue weighted by Crippen LogP contribution is 2.30. The van der Waals surface area contributed by atoms with Crippen LogP contribution in [0.5, 0.6) is 0 Å². The van der Waals surface area contributed by atoms with Crippen LogP contribution in [0.1, 0.15) is 33.4 Å². The number of hydrogen-bond acceptors (Lipinski definition) is 6. The van der Waals surface area contributed by atoms with E-state index in [1.54, 1.807) is 19.0 Å². The van der Waals surface area contributed by atoms with Crippen LogP contribution < -0.4 is 0 Å². The molecular formula is C49H43N9. The maximum Gasteiger partial charge on any atom is 0.168 e. The lowest BCUT2D eigenvalue weighted by molar-refractivity contribution is 0.518. The van der Waals surface area contributed by atoms with Gasteiger partial charge in [-0.05, 0) is 116 Å². The molecule has 9 nitrogen and oxygen atoms in total. The van der Waals surface area contributed by atoms with Crippen LogP contribution in [0.25, 0.3) is 51.2 Å². The van der Waals surface area contributed by atoms with Crippen molar-refractivity contribution in [1.29, 1.82) is 0 Å². The van der Waals surface area contributed by atoms with Crippen molar-refractivity contribution in [3.05, 3.63) is 198 Å². The highest BCUT2D eigenvalue weighted by Gasteiger charge is 2.19. The Bertz CT molecular complexity index is 2540. The summed E-state index contributed by atoms with van der Waals surface area (Å²) in [5.41, 5.74) is 13.5. The summed E-state index contributed by atoms with van der Waals surface area (Å²) in [6.45, 7) is 6.34. The van der Waals surface area contributed by atoms with Crippen LogP contribution in [0.15, 0.2) is 165 Å². The van der Waals surface area contributed by atoms with E-state index in [4.69, 9.17) is 0 Å². The van der Waals surface area contributed by atoms with Crippen LogP contribution in [0.3, 0.4) is 0 Å². The first-order chi connectivity index (χ1) is 28.5. The molecule has 9 aromatic rings. The number of rotatable bonds is 12. The summed E-state index contributed by atoms with van der Waals surface area (Å²) >= 11 is 0. The van der Waals surface area contributed by atoms with Crippen LogP contribution in [0.4, 0.5) is 0 Å². The summed E-state index contributed by atoms with van der Waals surface area (Å²) < 4.78 is 6.23. The third kappa shape index (κ3) is 7.50. The van der Waals surface area contributed by atoms with Crippen LogP contribution >= 0.6 is 0 Å². The van der Waals surface area contributed by atoms with Gasteiger partial charge in [-0.2, -0.15) is 0 Å². The fraction of sp³-hybridized carbons (Fsp3) is 0.143. The molecule has 0 N–H and O–H groups in total. The van der Waals surface area contributed by atoms with Crippen molar-refractivity contribution in [2.24, 2.45) is 5.92 Å². The topological polar surface area (TPSA) is 92.1 Å². The molecule has 58 heavy (non-hydrogen) atoms. The molecule has 0 aliphatic rings. The van der Waals surface area contributed by atoms with Crippen molar-refractivity contribution in [2.75, 3.05) is 0 Å². The molecule has 6 aromatic carbocycles. The van der Waals surface area contributed by atoms with Gasteiger partial charge in [-0.3, -0.25) is 13.7 Å². The SMILES string of the molecule is Cc1ccccc1-n1cnnc1-c1cccc(CC(Cc2cccc(-c3nncn3-c3ccccc3C)c2)Cc2cccc(-c3nncn3-c3ccccc3C)c2)c1. The van der Waals surface area contributed by atoms with Crippen molar-refractivity contribution >= 4 is 0 Å². The molecule has 0 aliphatic heterocycles. The Kier molecular flexibility index (Phi) is 10.1. The zero-order valence-electron chi connectivity index (χ0n) is 32.8. The molecule has 0 fully saturated rings. The van der Waals surface area contributed by atoms with Crippen molar-refractivity contribution in [2.45, 2.75) is 40.0 Å². The predicted octanol–water partition coefficient (Wildman–Crippen LogP) is 10.00. The molecule has 9 rings (SSSR count). The van der Waals surface area contributed by atoms with Gasteiger partial charge in [0.05, 0.1) is 17.1 Å². The quantitative estimate of drug-likeness (QED) is 0.123. The van der Waals surface area contributed by atoms with Gasteiger partial charge in [0, 0.05) is 16.7 Å². The summed E-state index contributed by atoms with van der Waals surface area (Å²) in [6.07, 6.45) is 7.98. The van der Waals surface area contributed by atoms with E-state index in [9.17, 15) is 0 Å². The third-order valence-electron chi connectivity index (χ3n) is 10.9. The largest absolute Gasteiger partial charge is 0.281 e. The van der Waals surface area contributed by atoms with Crippen LogP contribution in [0, 0.1) is 26.7 Å². The van der Waals surface area contributed by atoms with Gasteiger partial charge in [-0.1, -0.05) is 109 Å². The van der Waals surface area contributed by atoms with E-state index >= 15 is 0 Å². The second-order valence-electron chi connectivity index (χ2n) is 15.0. The maximum atomic E-state index is 4.58. The standard InChI is InChI=1S/C49H43N9/c1-34-13-4-7-22-44(34)56-31-50-53-47(56)41-19-10-16-37(28-41)25-40(26-38-17-11-20-42(29-38)48-54-51-32-57(48)45-23-8-5-14-35(45)2)27-39-18-12-21-43(30-39)49-55-52-33-58(49)46-24-9-6-15-36(46)3/h4-24,28-33,40H,25-27H2,1-3H3. The smallest absolute Gasteiger partial charge is 0.168 e. The Balaban J connectivity index is 1.05. The molecule has 0 aliphatic carbocycles. The Morgan fingerprint density at radius 1 is 0.379 bits per heavy atom. The minimum Gasteiger partial charge on any atom is -0.281 e. The number of hydrogen-bond donors (Lipinski definition) is 0. The molecule has 0 saturated heterocycles. The number of aryl methyl sites for hydroxylation is 3. The molecule has 0 spiro atoms. The summed E-state index contributed by atoms with van der Waals surface area (Å²) in [4.78, 5) is 0. The minimum absolute atomic E-state index is 0.262. The number of aromatic nitrogens is 9. The van der Waals surface area contributed by atoms with Gasteiger partial charge < -0.3 is 0 Å². The van der Waals surface area contributed by atoms with Crippen LogP contribution in [-0.2, 0) is 19.3 Å². The van der Waals surface area contributed by atoms with E-state index in [0.29, 0.717) is 0 Å². The lowest BCUT2D eigenvalue weighted by Crippen LogP contribution is -2.12. The Labute approximate surface area is 338 Å². The third-order valence-corrected chi connectivity index (χ3v) is 10.9. The minimum atomic E-state index is 0.262. The molecule has 0 amide bonds. The molecule has 0 unspecified atom stereocenters. The molecular weight excluding hydrogens is 715 g/mol. The van der Waals surface area contributed by atoms with E-state index in [1.165, 1.54) is 33.4 Å². The predicted molar refractivity (Wildman–Crippen MR) is 229 cm³/mol. The molecule has 9 heteroatoms. The van der Waals surface area contributed by atoms with Crippen molar-refractivity contribution in [1.82, 2.24) is 44.3 Å². The van der Waals surface area contributed by atoms with E-state index in [1.807, 2.05) is 0 Å². The lowest BCUT2D eigenvalue weighted by atomic mass is 9.86. The first-order valence-corrected chi connectivity index (χ1v) is 19.6. The molecule has 0 radical (unpaired) electrons. The molecule has 0 saturated carbocycles. The summed E-state index contributed by atoms with van der Waals surface area (Å²) in [6, 6.07) is 51.3. The zero-order valence-corrected chi connectivity index (χ0v) is 32.8. The fourth-order valence-electron chi connectivity index (χ4n) is 8.05. The van der Waals surface area contributed by atoms with Crippen molar-refractivity contribution < 1.29 is 0 Å². The van der Waals surface area contributed by atoms with E-state index in [2.05, 4.69) is 211 Å². The normalized spacial score (nSPS) is 11.4. The van der Waals surface area contributed by atoms with Gasteiger partial charge in [0.15, 0.2) is 17.5 Å². The Morgan fingerprint density at radius 3 is 1.00 bits per heavy atom. The average molecular weight is 758 g/mol. The molecule has 0 bridgehead atoms. The van der Waals surface area contributed by atoms with Crippen molar-refractivity contribution in [3.63, 3.8) is 0 Å². The number of benzene rings is 6. The average Bonchev–Trinajstić information content (AvgIpc) is 4.04. The van der Waals surface area contributed by atoms with E-state index in [-0.39, 0.29) is 5.92 Å². The van der Waals surface area contributed by atoms with Crippen molar-refractivity contribution in [3.8, 4) is 51.2 Å². The van der Waals surface area contributed by atoms with Gasteiger partial charge >= 0.3 is 0 Å². The monoisotopic (exact) mass is 757 g/mol. The summed E-state index contributed by atoms with van der Waals surface area (Å²) in [5, 5.41) is 26.7. The lowest BCUT2D eigenvalue weighted by Gasteiger charge is -2.19. The van der Waals surface area contributed by atoms with Crippen LogP contribution in [0.2, 0.25) is 0 Å². The highest BCUT2D eigenvalue weighted by atomic mass is 15.3. The summed E-state index contributed by atoms with van der Waals surface area (Å²) in [7, 11) is 0. The van der Waals surface area contributed by atoms with E-state index in [0.717, 1.165) is 70.5 Å². The van der Waals surface area contributed by atoms with Gasteiger partial charge in [0.2, 0.25) is 0 Å². The Hall–Kier alpha value is -7.26. The first-order valence-electron chi connectivity index (χ1n) is 19.6. The molecule has 284 valence electrons. The molecule has 3 aromatic heterocycles. The highest BCUT2D eigenvalue weighted by molar-refractivity contribution is 5.62. The number of para-hydroxylation sites is 3. The first kappa shape index (κ1) is 36.4. The van der Waals surface area contributed by atoms with E-state index < -0.39 is 0 Å². The second kappa shape index (κ2) is 16.1. The maximum absolute atomic E-state index is 4.58. The molecule has 3 heterocycles. The van der Waals surface area contributed by atoms with Gasteiger partial charge in [-0.15, -0.1) is 30.6 Å². The molecule has 0 atom stereocenters. The zero-order chi connectivity index (χ0) is 39.4. The Morgan fingerprint density at radius 2 is 0.690 bits per heavy atom. The number of nitrogens with zero attached hydrogens (tertiary/aromatic N) is 9. The van der Waals surface area contributed by atoms with Gasteiger partial charge in [0.25, 0.3) is 0 Å². The second-order valence-corrected chi connectivity index (χ2v) is 15.0. The fourth-order valence-corrected chi connectivity index (χ4v) is 8.05. The van der Waals surface area contributed by atoms with Gasteiger partial charge in [-0.25, -0.2) is 0 Å². The van der Waals surface area contributed by atoms with Crippen LogP contribution in [-0.4, -0.2) is 44.3 Å².